The predicted molar refractivity (Wildman–Crippen MR) is 98.1 cm³/mol. The summed E-state index contributed by atoms with van der Waals surface area (Å²) in [6.07, 6.45) is 3.07. The molecule has 1 saturated carbocycles. The molecule has 1 aromatic rings. The molecule has 1 heterocycles. The van der Waals surface area contributed by atoms with Crippen molar-refractivity contribution in [2.24, 2.45) is 0 Å². The predicted octanol–water partition coefficient (Wildman–Crippen LogP) is 2.21. The average Bonchev–Trinajstić information content (AvgIpc) is 3.33. The lowest BCUT2D eigenvalue weighted by molar-refractivity contribution is -0.384. The topological polar surface area (TPSA) is 110 Å². The number of carbonyl (C=O) groups is 1. The fourth-order valence-corrected chi connectivity index (χ4v) is 4.99. The van der Waals surface area contributed by atoms with E-state index in [0.29, 0.717) is 25.1 Å². The van der Waals surface area contributed by atoms with Crippen LogP contribution in [0.1, 0.15) is 43.0 Å². The summed E-state index contributed by atoms with van der Waals surface area (Å²) in [4.78, 5) is 25.4. The number of carbonyl (C=O) groups excluding carboxylic acids is 1. The number of rotatable bonds is 7. The Hall–Kier alpha value is -2.16. The first kappa shape index (κ1) is 18.6. The third-order valence-corrected chi connectivity index (χ3v) is 6.50. The molecule has 0 spiro atoms. The van der Waals surface area contributed by atoms with Gasteiger partial charge in [-0.15, -0.1) is 0 Å². The Morgan fingerprint density at radius 1 is 1.35 bits per heavy atom. The Morgan fingerprint density at radius 3 is 2.62 bits per heavy atom. The van der Waals surface area contributed by atoms with E-state index in [9.17, 15) is 23.3 Å². The van der Waals surface area contributed by atoms with Crippen molar-refractivity contribution in [2.75, 3.05) is 23.4 Å². The summed E-state index contributed by atoms with van der Waals surface area (Å²) >= 11 is 0. The van der Waals surface area contributed by atoms with Crippen LogP contribution in [0.3, 0.4) is 0 Å². The van der Waals surface area contributed by atoms with E-state index in [1.807, 2.05) is 6.92 Å². The molecular weight excluding hydrogens is 358 g/mol. The number of benzene rings is 1. The quantitative estimate of drug-likeness (QED) is 0.573. The highest BCUT2D eigenvalue weighted by Gasteiger charge is 2.35. The van der Waals surface area contributed by atoms with Crippen LogP contribution >= 0.6 is 0 Å². The molecule has 1 aliphatic carbocycles. The molecule has 1 aromatic carbocycles. The fourth-order valence-electron chi connectivity index (χ4n) is 3.26. The summed E-state index contributed by atoms with van der Waals surface area (Å²) in [6, 6.07) is 4.33. The molecular formula is C17H23N3O5S. The second-order valence-electron chi connectivity index (χ2n) is 6.96. The summed E-state index contributed by atoms with van der Waals surface area (Å²) in [5, 5.41) is 14.5. The number of hydrogen-bond donors (Lipinski definition) is 1. The van der Waals surface area contributed by atoms with Gasteiger partial charge >= 0.3 is 0 Å². The third-order valence-electron chi connectivity index (χ3n) is 4.75. The van der Waals surface area contributed by atoms with Crippen molar-refractivity contribution in [3.05, 3.63) is 33.9 Å². The summed E-state index contributed by atoms with van der Waals surface area (Å²) in [5.74, 6) is -0.312. The van der Waals surface area contributed by atoms with Crippen molar-refractivity contribution in [1.29, 1.82) is 0 Å². The number of amides is 1. The number of nitrogens with zero attached hydrogens (tertiary/aromatic N) is 2. The minimum Gasteiger partial charge on any atom is -0.377 e. The minimum atomic E-state index is -3.12. The highest BCUT2D eigenvalue weighted by molar-refractivity contribution is 7.91. The maximum atomic E-state index is 12.9. The molecule has 0 bridgehead atoms. The maximum absolute atomic E-state index is 12.9. The van der Waals surface area contributed by atoms with Crippen LogP contribution in [0.4, 0.5) is 11.4 Å². The minimum absolute atomic E-state index is 0.0395. The average molecular weight is 381 g/mol. The van der Waals surface area contributed by atoms with Gasteiger partial charge in [-0.2, -0.15) is 0 Å². The number of nitro groups is 1. The van der Waals surface area contributed by atoms with E-state index in [4.69, 9.17) is 0 Å². The second-order valence-corrected chi connectivity index (χ2v) is 9.19. The lowest BCUT2D eigenvalue weighted by atomic mass is 10.1. The first-order valence-electron chi connectivity index (χ1n) is 8.87. The Bertz CT molecular complexity index is 820. The molecule has 142 valence electrons. The zero-order chi connectivity index (χ0) is 18.9. The first-order chi connectivity index (χ1) is 12.3. The van der Waals surface area contributed by atoms with Crippen LogP contribution in [0.25, 0.3) is 0 Å². The molecule has 2 aliphatic rings. The highest BCUT2D eigenvalue weighted by Crippen LogP contribution is 2.32. The molecule has 1 atom stereocenters. The van der Waals surface area contributed by atoms with Gasteiger partial charge < -0.3 is 10.2 Å². The van der Waals surface area contributed by atoms with Crippen molar-refractivity contribution in [1.82, 2.24) is 4.90 Å². The van der Waals surface area contributed by atoms with Crippen molar-refractivity contribution < 1.29 is 18.1 Å². The van der Waals surface area contributed by atoms with Gasteiger partial charge in [0, 0.05) is 30.3 Å². The Balaban J connectivity index is 1.86. The van der Waals surface area contributed by atoms with Gasteiger partial charge in [-0.25, -0.2) is 8.42 Å². The van der Waals surface area contributed by atoms with Crippen molar-refractivity contribution in [3.8, 4) is 0 Å². The van der Waals surface area contributed by atoms with Gasteiger partial charge in [0.2, 0.25) is 0 Å². The SMILES string of the molecule is CCCN(C(=O)c1ccc(NC2CC2)c([N+](=O)[O-])c1)C1CCS(=O)(=O)C1. The van der Waals surface area contributed by atoms with Crippen molar-refractivity contribution in [3.63, 3.8) is 0 Å². The van der Waals surface area contributed by atoms with E-state index in [-0.39, 0.29) is 40.7 Å². The highest BCUT2D eigenvalue weighted by atomic mass is 32.2. The number of nitrogens with one attached hydrogen (secondary N) is 1. The van der Waals surface area contributed by atoms with Crippen LogP contribution in [0.15, 0.2) is 18.2 Å². The molecule has 1 amide bonds. The van der Waals surface area contributed by atoms with Crippen LogP contribution in [0, 0.1) is 10.1 Å². The summed E-state index contributed by atoms with van der Waals surface area (Å²) < 4.78 is 23.5. The van der Waals surface area contributed by atoms with E-state index in [1.165, 1.54) is 6.07 Å². The molecule has 1 aliphatic heterocycles. The zero-order valence-corrected chi connectivity index (χ0v) is 15.5. The Kier molecular flexibility index (Phi) is 5.17. The van der Waals surface area contributed by atoms with Gasteiger partial charge in [-0.1, -0.05) is 6.92 Å². The molecule has 3 rings (SSSR count). The summed E-state index contributed by atoms with van der Waals surface area (Å²) in [6.45, 7) is 2.34. The largest absolute Gasteiger partial charge is 0.377 e. The molecule has 1 N–H and O–H groups in total. The second kappa shape index (κ2) is 7.22. The lowest BCUT2D eigenvalue weighted by Gasteiger charge is -2.28. The fraction of sp³-hybridized carbons (Fsp3) is 0.588. The lowest BCUT2D eigenvalue weighted by Crippen LogP contribution is -2.41. The van der Waals surface area contributed by atoms with Crippen LogP contribution < -0.4 is 5.32 Å². The van der Waals surface area contributed by atoms with Gasteiger partial charge in [0.1, 0.15) is 5.69 Å². The van der Waals surface area contributed by atoms with E-state index in [1.54, 1.807) is 17.0 Å². The third kappa shape index (κ3) is 4.14. The Labute approximate surface area is 152 Å². The van der Waals surface area contributed by atoms with Gasteiger partial charge in [-0.3, -0.25) is 14.9 Å². The van der Waals surface area contributed by atoms with Gasteiger partial charge in [0.05, 0.1) is 16.4 Å². The molecule has 0 aromatic heterocycles. The summed E-state index contributed by atoms with van der Waals surface area (Å²) in [7, 11) is -3.12. The van der Waals surface area contributed by atoms with Gasteiger partial charge in [0.25, 0.3) is 11.6 Å². The molecule has 1 saturated heterocycles. The normalized spacial score (nSPS) is 21.3. The van der Waals surface area contributed by atoms with Crippen LogP contribution in [0.5, 0.6) is 0 Å². The molecule has 26 heavy (non-hydrogen) atoms. The standard InChI is InChI=1S/C17H23N3O5S/c1-2-8-19(14-7-9-26(24,25)11-14)17(21)12-3-6-15(18-13-4-5-13)16(10-12)20(22)23/h3,6,10,13-14,18H,2,4-5,7-9,11H2,1H3. The number of sulfone groups is 1. The van der Waals surface area contributed by atoms with Crippen molar-refractivity contribution >= 4 is 27.1 Å². The zero-order valence-electron chi connectivity index (χ0n) is 14.7. The molecule has 0 radical (unpaired) electrons. The van der Waals surface area contributed by atoms with Gasteiger partial charge in [-0.05, 0) is 37.8 Å². The molecule has 9 heteroatoms. The molecule has 8 nitrogen and oxygen atoms in total. The van der Waals surface area contributed by atoms with E-state index in [0.717, 1.165) is 12.8 Å². The Morgan fingerprint density at radius 2 is 2.08 bits per heavy atom. The monoisotopic (exact) mass is 381 g/mol. The van der Waals surface area contributed by atoms with Gasteiger partial charge in [0.15, 0.2) is 9.84 Å². The number of anilines is 1. The van der Waals surface area contributed by atoms with E-state index < -0.39 is 14.8 Å². The van der Waals surface area contributed by atoms with E-state index in [2.05, 4.69) is 5.32 Å². The first-order valence-corrected chi connectivity index (χ1v) is 10.7. The van der Waals surface area contributed by atoms with Crippen LogP contribution in [0.2, 0.25) is 0 Å². The van der Waals surface area contributed by atoms with Crippen LogP contribution in [-0.2, 0) is 9.84 Å². The number of hydrogen-bond acceptors (Lipinski definition) is 6. The number of nitro benzene ring substituents is 1. The summed E-state index contributed by atoms with van der Waals surface area (Å²) in [5.41, 5.74) is 0.508. The van der Waals surface area contributed by atoms with E-state index >= 15 is 0 Å². The maximum Gasteiger partial charge on any atom is 0.293 e. The molecule has 2 fully saturated rings. The van der Waals surface area contributed by atoms with Crippen LogP contribution in [-0.4, -0.2) is 54.3 Å². The molecule has 1 unspecified atom stereocenters. The van der Waals surface area contributed by atoms with Crippen molar-refractivity contribution in [2.45, 2.75) is 44.7 Å². The smallest absolute Gasteiger partial charge is 0.293 e.